The predicted molar refractivity (Wildman–Crippen MR) is 73.0 cm³/mol. The molecule has 0 aliphatic rings. The number of nitrogens with one attached hydrogen (secondary N) is 1. The molecule has 0 aliphatic carbocycles. The van der Waals surface area contributed by atoms with Gasteiger partial charge in [-0.3, -0.25) is 9.89 Å². The van der Waals surface area contributed by atoms with Gasteiger partial charge in [-0.05, 0) is 30.2 Å². The number of hydrogen-bond acceptors (Lipinski definition) is 3. The summed E-state index contributed by atoms with van der Waals surface area (Å²) >= 11 is 0. The van der Waals surface area contributed by atoms with Gasteiger partial charge >= 0.3 is 0 Å². The van der Waals surface area contributed by atoms with Gasteiger partial charge in [-0.1, -0.05) is 13.8 Å². The minimum atomic E-state index is -0.258. The number of hydrogen-bond donors (Lipinski definition) is 2. The Bertz CT molecular complexity index is 609. The van der Waals surface area contributed by atoms with E-state index in [-0.39, 0.29) is 18.1 Å². The molecule has 0 amide bonds. The topological polar surface area (TPSA) is 67.2 Å². The second-order valence-corrected chi connectivity index (χ2v) is 4.66. The summed E-state index contributed by atoms with van der Waals surface area (Å²) in [5.74, 6) is 0.879. The highest BCUT2D eigenvalue weighted by Gasteiger charge is 2.16. The molecule has 5 nitrogen and oxygen atoms in total. The van der Waals surface area contributed by atoms with E-state index in [1.807, 2.05) is 13.8 Å². The van der Waals surface area contributed by atoms with Gasteiger partial charge in [0.25, 0.3) is 5.56 Å². The molecular weight excluding hydrogens is 244 g/mol. The molecule has 0 saturated heterocycles. The fourth-order valence-corrected chi connectivity index (χ4v) is 2.03. The van der Waals surface area contributed by atoms with Gasteiger partial charge in [-0.2, -0.15) is 0 Å². The van der Waals surface area contributed by atoms with E-state index in [1.165, 1.54) is 4.68 Å². The zero-order chi connectivity index (χ0) is 14.0. The van der Waals surface area contributed by atoms with E-state index in [9.17, 15) is 9.90 Å². The Morgan fingerprint density at radius 2 is 1.95 bits per heavy atom. The summed E-state index contributed by atoms with van der Waals surface area (Å²) in [7, 11) is 1.59. The summed E-state index contributed by atoms with van der Waals surface area (Å²) in [6, 6.07) is 7.16. The Kier molecular flexibility index (Phi) is 3.76. The zero-order valence-electron chi connectivity index (χ0n) is 11.3. The van der Waals surface area contributed by atoms with Crippen LogP contribution in [0.25, 0.3) is 5.69 Å². The number of nitrogens with zero attached hydrogens (tertiary/aromatic N) is 1. The first kappa shape index (κ1) is 13.4. The van der Waals surface area contributed by atoms with E-state index in [1.54, 1.807) is 31.4 Å². The third-order valence-corrected chi connectivity index (χ3v) is 3.08. The van der Waals surface area contributed by atoms with Crippen LogP contribution in [-0.2, 0) is 6.61 Å². The molecule has 0 fully saturated rings. The largest absolute Gasteiger partial charge is 0.497 e. The molecular formula is C14H18N2O3. The number of aliphatic hydroxyl groups is 1. The van der Waals surface area contributed by atoms with E-state index in [0.717, 1.165) is 11.4 Å². The lowest BCUT2D eigenvalue weighted by molar-refractivity contribution is 0.279. The van der Waals surface area contributed by atoms with Crippen molar-refractivity contribution in [1.29, 1.82) is 0 Å². The van der Waals surface area contributed by atoms with Crippen molar-refractivity contribution in [1.82, 2.24) is 9.78 Å². The van der Waals surface area contributed by atoms with Crippen LogP contribution < -0.4 is 10.3 Å². The van der Waals surface area contributed by atoms with Gasteiger partial charge < -0.3 is 9.84 Å². The average Bonchev–Trinajstić information content (AvgIpc) is 2.76. The zero-order valence-corrected chi connectivity index (χ0v) is 11.3. The summed E-state index contributed by atoms with van der Waals surface area (Å²) in [5, 5.41) is 12.4. The Morgan fingerprint density at radius 1 is 1.32 bits per heavy atom. The molecule has 0 bridgehead atoms. The van der Waals surface area contributed by atoms with Crippen LogP contribution in [0, 0.1) is 0 Å². The van der Waals surface area contributed by atoms with Crippen LogP contribution in [0.15, 0.2) is 29.1 Å². The molecule has 0 radical (unpaired) electrons. The lowest BCUT2D eigenvalue weighted by Gasteiger charge is -2.05. The molecule has 0 atom stereocenters. The Morgan fingerprint density at radius 3 is 2.37 bits per heavy atom. The molecule has 0 saturated carbocycles. The maximum Gasteiger partial charge on any atom is 0.277 e. The van der Waals surface area contributed by atoms with E-state index < -0.39 is 0 Å². The quantitative estimate of drug-likeness (QED) is 0.882. The number of H-pyrrole nitrogens is 1. The van der Waals surface area contributed by atoms with E-state index in [4.69, 9.17) is 4.74 Å². The molecule has 5 heteroatoms. The second-order valence-electron chi connectivity index (χ2n) is 4.66. The molecule has 1 heterocycles. The van der Waals surface area contributed by atoms with Gasteiger partial charge in [-0.25, -0.2) is 4.68 Å². The van der Waals surface area contributed by atoms with E-state index in [0.29, 0.717) is 11.3 Å². The molecule has 2 N–H and O–H groups in total. The molecule has 0 spiro atoms. The van der Waals surface area contributed by atoms with E-state index >= 15 is 0 Å². The van der Waals surface area contributed by atoms with Crippen molar-refractivity contribution >= 4 is 0 Å². The Balaban J connectivity index is 2.53. The van der Waals surface area contributed by atoms with Gasteiger partial charge in [0.2, 0.25) is 0 Å². The van der Waals surface area contributed by atoms with Crippen molar-refractivity contribution in [2.24, 2.45) is 0 Å². The molecule has 0 unspecified atom stereocenters. The standard InChI is InChI=1S/C14H18N2O3/c1-9(2)13-12(8-17)14(18)16(15-13)10-4-6-11(19-3)7-5-10/h4-7,9,15,17H,8H2,1-3H3. The van der Waals surface area contributed by atoms with Crippen molar-refractivity contribution < 1.29 is 9.84 Å². The molecule has 2 rings (SSSR count). The highest BCUT2D eigenvalue weighted by molar-refractivity contribution is 5.38. The van der Waals surface area contributed by atoms with Crippen molar-refractivity contribution in [2.45, 2.75) is 26.4 Å². The SMILES string of the molecule is COc1ccc(-n2[nH]c(C(C)C)c(CO)c2=O)cc1. The fourth-order valence-electron chi connectivity index (χ4n) is 2.03. The third-order valence-electron chi connectivity index (χ3n) is 3.08. The number of rotatable bonds is 4. The van der Waals surface area contributed by atoms with Crippen LogP contribution in [0.1, 0.15) is 31.0 Å². The Labute approximate surface area is 111 Å². The molecule has 1 aromatic carbocycles. The van der Waals surface area contributed by atoms with Crippen LogP contribution in [0.5, 0.6) is 5.75 Å². The number of aliphatic hydroxyl groups excluding tert-OH is 1. The maximum absolute atomic E-state index is 12.2. The van der Waals surface area contributed by atoms with Gasteiger partial charge in [0.15, 0.2) is 0 Å². The molecule has 102 valence electrons. The van der Waals surface area contributed by atoms with Gasteiger partial charge in [0.05, 0.1) is 25.0 Å². The van der Waals surface area contributed by atoms with Crippen LogP contribution in [0.3, 0.4) is 0 Å². The highest BCUT2D eigenvalue weighted by atomic mass is 16.5. The first-order chi connectivity index (χ1) is 9.08. The van der Waals surface area contributed by atoms with Crippen molar-refractivity contribution in [3.8, 4) is 11.4 Å². The highest BCUT2D eigenvalue weighted by Crippen LogP contribution is 2.18. The average molecular weight is 262 g/mol. The molecule has 2 aromatic rings. The third kappa shape index (κ3) is 2.42. The minimum absolute atomic E-state index is 0.148. The molecule has 1 aromatic heterocycles. The lowest BCUT2D eigenvalue weighted by Crippen LogP contribution is -2.17. The van der Waals surface area contributed by atoms with Gasteiger partial charge in [0.1, 0.15) is 5.75 Å². The van der Waals surface area contributed by atoms with Crippen LogP contribution in [0.4, 0.5) is 0 Å². The summed E-state index contributed by atoms with van der Waals surface area (Å²) in [6.07, 6.45) is 0. The van der Waals surface area contributed by atoms with Crippen LogP contribution in [0.2, 0.25) is 0 Å². The van der Waals surface area contributed by atoms with Crippen LogP contribution >= 0.6 is 0 Å². The first-order valence-corrected chi connectivity index (χ1v) is 6.17. The maximum atomic E-state index is 12.2. The van der Waals surface area contributed by atoms with Crippen molar-refractivity contribution in [3.63, 3.8) is 0 Å². The first-order valence-electron chi connectivity index (χ1n) is 6.17. The minimum Gasteiger partial charge on any atom is -0.497 e. The number of methoxy groups -OCH3 is 1. The van der Waals surface area contributed by atoms with Gasteiger partial charge in [-0.15, -0.1) is 0 Å². The summed E-state index contributed by atoms with van der Waals surface area (Å²) in [5.41, 5.74) is 1.69. The predicted octanol–water partition coefficient (Wildman–Crippen LogP) is 1.79. The summed E-state index contributed by atoms with van der Waals surface area (Å²) in [4.78, 5) is 12.2. The van der Waals surface area contributed by atoms with Gasteiger partial charge in [0, 0.05) is 5.69 Å². The summed E-state index contributed by atoms with van der Waals surface area (Å²) < 4.78 is 6.53. The Hall–Kier alpha value is -2.01. The van der Waals surface area contributed by atoms with Crippen molar-refractivity contribution in [2.75, 3.05) is 7.11 Å². The number of aromatic nitrogens is 2. The summed E-state index contributed by atoms with van der Waals surface area (Å²) in [6.45, 7) is 3.69. The lowest BCUT2D eigenvalue weighted by atomic mass is 10.1. The van der Waals surface area contributed by atoms with E-state index in [2.05, 4.69) is 5.10 Å². The van der Waals surface area contributed by atoms with Crippen LogP contribution in [-0.4, -0.2) is 22.0 Å². The monoisotopic (exact) mass is 262 g/mol. The molecule has 0 aliphatic heterocycles. The second kappa shape index (κ2) is 5.32. The normalized spacial score (nSPS) is 11.0. The molecule has 19 heavy (non-hydrogen) atoms. The smallest absolute Gasteiger partial charge is 0.277 e. The number of ether oxygens (including phenoxy) is 1. The number of aromatic amines is 1. The fraction of sp³-hybridized carbons (Fsp3) is 0.357. The number of benzene rings is 1. The van der Waals surface area contributed by atoms with Crippen molar-refractivity contribution in [3.05, 3.63) is 45.9 Å².